The second kappa shape index (κ2) is 7.19. The minimum Gasteiger partial charge on any atom is -0.491 e. The van der Waals surface area contributed by atoms with Crippen molar-refractivity contribution in [1.29, 1.82) is 0 Å². The third kappa shape index (κ3) is 4.17. The van der Waals surface area contributed by atoms with Gasteiger partial charge >= 0.3 is 0 Å². The Kier molecular flexibility index (Phi) is 5.24. The van der Waals surface area contributed by atoms with Crippen molar-refractivity contribution < 1.29 is 9.47 Å². The second-order valence-corrected chi connectivity index (χ2v) is 4.51. The van der Waals surface area contributed by atoms with Crippen molar-refractivity contribution in [3.8, 4) is 5.75 Å². The van der Waals surface area contributed by atoms with Crippen LogP contribution in [0.25, 0.3) is 0 Å². The van der Waals surface area contributed by atoms with Crippen molar-refractivity contribution in [1.82, 2.24) is 5.32 Å². The molecule has 1 aliphatic rings. The molecule has 1 aromatic rings. The highest BCUT2D eigenvalue weighted by atomic mass is 16.5. The zero-order valence-electron chi connectivity index (χ0n) is 10.7. The van der Waals surface area contributed by atoms with Gasteiger partial charge in [-0.25, -0.2) is 0 Å². The molecule has 18 heavy (non-hydrogen) atoms. The third-order valence-corrected chi connectivity index (χ3v) is 3.00. The van der Waals surface area contributed by atoms with Crippen molar-refractivity contribution in [3.63, 3.8) is 0 Å². The summed E-state index contributed by atoms with van der Waals surface area (Å²) < 4.78 is 11.2. The largest absolute Gasteiger partial charge is 0.491 e. The fraction of sp³-hybridized carbons (Fsp3) is 0.467. The molecule has 1 aromatic carbocycles. The van der Waals surface area contributed by atoms with Crippen LogP contribution in [0.3, 0.4) is 0 Å². The smallest absolute Gasteiger partial charge is 0.119 e. The van der Waals surface area contributed by atoms with Crippen LogP contribution in [0.4, 0.5) is 0 Å². The van der Waals surface area contributed by atoms with Crippen LogP contribution in [0.1, 0.15) is 18.4 Å². The Labute approximate surface area is 109 Å². The highest BCUT2D eigenvalue weighted by molar-refractivity contribution is 5.27. The van der Waals surface area contributed by atoms with Crippen LogP contribution >= 0.6 is 0 Å². The molecule has 0 bridgehead atoms. The number of benzene rings is 1. The molecule has 1 aliphatic heterocycles. The summed E-state index contributed by atoms with van der Waals surface area (Å²) in [4.78, 5) is 0. The van der Waals surface area contributed by atoms with Crippen molar-refractivity contribution in [2.75, 3.05) is 19.8 Å². The zero-order chi connectivity index (χ0) is 12.6. The Hall–Kier alpha value is -1.32. The molecule has 0 aliphatic carbocycles. The van der Waals surface area contributed by atoms with E-state index in [2.05, 4.69) is 24.0 Å². The number of rotatable bonds is 7. The van der Waals surface area contributed by atoms with E-state index < -0.39 is 0 Å². The summed E-state index contributed by atoms with van der Waals surface area (Å²) in [5.41, 5.74) is 1.25. The van der Waals surface area contributed by atoms with Crippen LogP contribution in [-0.4, -0.2) is 25.9 Å². The van der Waals surface area contributed by atoms with Gasteiger partial charge in [-0.05, 0) is 30.5 Å². The van der Waals surface area contributed by atoms with E-state index in [9.17, 15) is 0 Å². The quantitative estimate of drug-likeness (QED) is 0.593. The summed E-state index contributed by atoms with van der Waals surface area (Å²) >= 11 is 0. The third-order valence-electron chi connectivity index (χ3n) is 3.00. The normalized spacial score (nSPS) is 18.8. The first-order valence-electron chi connectivity index (χ1n) is 6.53. The van der Waals surface area contributed by atoms with E-state index in [4.69, 9.17) is 9.47 Å². The Bertz CT molecular complexity index is 355. The number of nitrogens with one attached hydrogen (secondary N) is 1. The fourth-order valence-corrected chi connectivity index (χ4v) is 1.99. The lowest BCUT2D eigenvalue weighted by Gasteiger charge is -2.11. The first-order chi connectivity index (χ1) is 8.88. The van der Waals surface area contributed by atoms with Crippen molar-refractivity contribution >= 4 is 0 Å². The highest BCUT2D eigenvalue weighted by Crippen LogP contribution is 2.16. The lowest BCUT2D eigenvalue weighted by molar-refractivity contribution is 0.0679. The summed E-state index contributed by atoms with van der Waals surface area (Å²) in [6, 6.07) is 8.20. The summed E-state index contributed by atoms with van der Waals surface area (Å²) in [5.74, 6) is 0.915. The topological polar surface area (TPSA) is 30.5 Å². The predicted octanol–water partition coefficient (Wildman–Crippen LogP) is 2.52. The molecule has 1 fully saturated rings. The lowest BCUT2D eigenvalue weighted by atomic mass is 10.2. The molecular formula is C15H21NO2. The van der Waals surface area contributed by atoms with Crippen LogP contribution in [0.2, 0.25) is 0 Å². The average molecular weight is 247 g/mol. The maximum absolute atomic E-state index is 5.71. The number of hydrogen-bond acceptors (Lipinski definition) is 3. The number of ether oxygens (including phenoxy) is 2. The molecule has 98 valence electrons. The van der Waals surface area contributed by atoms with Crippen LogP contribution < -0.4 is 10.1 Å². The van der Waals surface area contributed by atoms with Gasteiger partial charge in [0.05, 0.1) is 6.10 Å². The van der Waals surface area contributed by atoms with Crippen molar-refractivity contribution in [2.45, 2.75) is 25.5 Å². The molecule has 1 saturated heterocycles. The number of hydrogen-bond donors (Lipinski definition) is 1. The van der Waals surface area contributed by atoms with Gasteiger partial charge < -0.3 is 14.8 Å². The predicted molar refractivity (Wildman–Crippen MR) is 72.8 cm³/mol. The fourth-order valence-electron chi connectivity index (χ4n) is 1.99. The van der Waals surface area contributed by atoms with E-state index in [1.54, 1.807) is 0 Å². The Morgan fingerprint density at radius 2 is 2.22 bits per heavy atom. The summed E-state index contributed by atoms with van der Waals surface area (Å²) in [5, 5.41) is 3.27. The first-order valence-corrected chi connectivity index (χ1v) is 6.53. The van der Waals surface area contributed by atoms with Gasteiger partial charge in [-0.1, -0.05) is 18.2 Å². The van der Waals surface area contributed by atoms with Crippen LogP contribution in [0, 0.1) is 0 Å². The zero-order valence-corrected chi connectivity index (χ0v) is 10.7. The molecule has 3 heteroatoms. The van der Waals surface area contributed by atoms with Crippen LogP contribution in [0.5, 0.6) is 5.75 Å². The van der Waals surface area contributed by atoms with E-state index in [0.29, 0.717) is 6.61 Å². The van der Waals surface area contributed by atoms with E-state index in [1.165, 1.54) is 5.56 Å². The monoisotopic (exact) mass is 247 g/mol. The van der Waals surface area contributed by atoms with Crippen LogP contribution in [-0.2, 0) is 11.3 Å². The lowest BCUT2D eigenvalue weighted by Crippen LogP contribution is -2.16. The van der Waals surface area contributed by atoms with Gasteiger partial charge in [0.25, 0.3) is 0 Å². The van der Waals surface area contributed by atoms with E-state index in [0.717, 1.165) is 38.3 Å². The van der Waals surface area contributed by atoms with Gasteiger partial charge in [-0.3, -0.25) is 0 Å². The Balaban J connectivity index is 1.74. The van der Waals surface area contributed by atoms with Gasteiger partial charge in [-0.2, -0.15) is 0 Å². The van der Waals surface area contributed by atoms with E-state index in [1.807, 2.05) is 18.2 Å². The standard InChI is InChI=1S/C15H21NO2/c1-2-9-16-11-13-5-7-14(8-6-13)18-12-15-4-3-10-17-15/h2,5-8,15-16H,1,3-4,9-12H2. The van der Waals surface area contributed by atoms with Gasteiger partial charge in [0.15, 0.2) is 0 Å². The molecule has 2 rings (SSSR count). The molecule has 1 heterocycles. The van der Waals surface area contributed by atoms with E-state index >= 15 is 0 Å². The molecule has 1 unspecified atom stereocenters. The van der Waals surface area contributed by atoms with Crippen LogP contribution in [0.15, 0.2) is 36.9 Å². The molecule has 0 spiro atoms. The second-order valence-electron chi connectivity index (χ2n) is 4.51. The molecule has 1 atom stereocenters. The maximum Gasteiger partial charge on any atom is 0.119 e. The Morgan fingerprint density at radius 1 is 1.39 bits per heavy atom. The van der Waals surface area contributed by atoms with Gasteiger partial charge in [-0.15, -0.1) is 6.58 Å². The maximum atomic E-state index is 5.71. The van der Waals surface area contributed by atoms with Gasteiger partial charge in [0.1, 0.15) is 12.4 Å². The molecule has 3 nitrogen and oxygen atoms in total. The van der Waals surface area contributed by atoms with Crippen molar-refractivity contribution in [2.24, 2.45) is 0 Å². The molecule has 0 saturated carbocycles. The molecule has 0 amide bonds. The molecule has 0 radical (unpaired) electrons. The highest BCUT2D eigenvalue weighted by Gasteiger charge is 2.15. The molecule has 1 N–H and O–H groups in total. The van der Waals surface area contributed by atoms with Gasteiger partial charge in [0, 0.05) is 19.7 Å². The summed E-state index contributed by atoms with van der Waals surface area (Å²) in [6.45, 7) is 6.90. The van der Waals surface area contributed by atoms with Gasteiger partial charge in [0.2, 0.25) is 0 Å². The van der Waals surface area contributed by atoms with Crippen molar-refractivity contribution in [3.05, 3.63) is 42.5 Å². The minimum atomic E-state index is 0.277. The Morgan fingerprint density at radius 3 is 2.89 bits per heavy atom. The molecule has 0 aromatic heterocycles. The molecular weight excluding hydrogens is 226 g/mol. The minimum absolute atomic E-state index is 0.277. The first kappa shape index (κ1) is 13.1. The van der Waals surface area contributed by atoms with E-state index in [-0.39, 0.29) is 6.10 Å². The summed E-state index contributed by atoms with van der Waals surface area (Å²) in [7, 11) is 0. The summed E-state index contributed by atoms with van der Waals surface area (Å²) in [6.07, 6.45) is 4.41. The average Bonchev–Trinajstić information content (AvgIpc) is 2.91. The SMILES string of the molecule is C=CCNCc1ccc(OCC2CCCO2)cc1.